The summed E-state index contributed by atoms with van der Waals surface area (Å²) >= 11 is 1.62. The Labute approximate surface area is 227 Å². The standard InChI is InChI=1S/C27H25F3N6O2S/c1-17-12-23(37-3)13-18(2)24(17)36-16-39-26(36)35-34-14-19-4-6-20(7-5-19)25(31)33-15-32-21-8-10-22(11-9-21)38-27(28,29)30/h4-15H,16H2,1-3H3,(H2,31,32,33)/b34-14-,35-26+. The van der Waals surface area contributed by atoms with Crippen LogP contribution in [0.4, 0.5) is 24.5 Å². The van der Waals surface area contributed by atoms with E-state index in [0.29, 0.717) is 11.3 Å². The third kappa shape index (κ3) is 7.38. The molecule has 8 nitrogen and oxygen atoms in total. The van der Waals surface area contributed by atoms with E-state index in [4.69, 9.17) is 10.5 Å². The number of aryl methyl sites for hydroxylation is 2. The van der Waals surface area contributed by atoms with E-state index in [2.05, 4.69) is 29.8 Å². The SMILES string of the molecule is COc1cc(C)c(N2CS/C2=N/N=C\c2ccc(C(N)=NC=Nc3ccc(OC(F)(F)F)cc3)cc2)c(C)c1. The van der Waals surface area contributed by atoms with Gasteiger partial charge in [-0.05, 0) is 66.9 Å². The quantitative estimate of drug-likeness (QED) is 0.204. The molecule has 0 aliphatic carbocycles. The Morgan fingerprint density at radius 1 is 1.00 bits per heavy atom. The topological polar surface area (TPSA) is 97.2 Å². The maximum absolute atomic E-state index is 12.2. The van der Waals surface area contributed by atoms with Gasteiger partial charge in [0.1, 0.15) is 23.7 Å². The van der Waals surface area contributed by atoms with Gasteiger partial charge in [-0.3, -0.25) is 0 Å². The summed E-state index contributed by atoms with van der Waals surface area (Å²) in [4.78, 5) is 10.3. The molecule has 202 valence electrons. The highest BCUT2D eigenvalue weighted by atomic mass is 32.2. The van der Waals surface area contributed by atoms with Gasteiger partial charge in [0.05, 0.1) is 24.9 Å². The van der Waals surface area contributed by atoms with Crippen molar-refractivity contribution >= 4 is 46.7 Å². The summed E-state index contributed by atoms with van der Waals surface area (Å²) in [6.45, 7) is 4.09. The number of nitrogens with two attached hydrogens (primary N) is 1. The Kier molecular flexibility index (Phi) is 8.55. The van der Waals surface area contributed by atoms with Gasteiger partial charge in [-0.2, -0.15) is 5.10 Å². The number of nitrogens with zero attached hydrogens (tertiary/aromatic N) is 5. The predicted octanol–water partition coefficient (Wildman–Crippen LogP) is 6.18. The molecule has 2 N–H and O–H groups in total. The van der Waals surface area contributed by atoms with Crippen LogP contribution in [0.15, 0.2) is 80.9 Å². The fraction of sp³-hybridized carbons (Fsp3) is 0.185. The first-order valence-electron chi connectivity index (χ1n) is 11.6. The molecule has 4 rings (SSSR count). The number of thioether (sulfide) groups is 1. The van der Waals surface area contributed by atoms with E-state index in [-0.39, 0.29) is 11.6 Å². The molecule has 0 aromatic heterocycles. The number of hydrogen-bond acceptors (Lipinski definition) is 6. The second kappa shape index (κ2) is 12.0. The van der Waals surface area contributed by atoms with E-state index in [9.17, 15) is 13.2 Å². The van der Waals surface area contributed by atoms with E-state index in [0.717, 1.165) is 39.2 Å². The Hall–Kier alpha value is -4.32. The third-order valence-corrected chi connectivity index (χ3v) is 6.50. The van der Waals surface area contributed by atoms with E-state index < -0.39 is 6.36 Å². The number of amidine groups is 2. The van der Waals surface area contributed by atoms with Crippen LogP contribution in [-0.2, 0) is 0 Å². The molecular weight excluding hydrogens is 529 g/mol. The lowest BCUT2D eigenvalue weighted by molar-refractivity contribution is -0.274. The number of rotatable bonds is 8. The number of anilines is 1. The molecule has 0 amide bonds. The first-order chi connectivity index (χ1) is 18.6. The molecule has 1 aliphatic heterocycles. The van der Waals surface area contributed by atoms with Crippen LogP contribution in [0, 0.1) is 13.8 Å². The van der Waals surface area contributed by atoms with Gasteiger partial charge < -0.3 is 20.1 Å². The molecule has 0 atom stereocenters. The fourth-order valence-corrected chi connectivity index (χ4v) is 4.44. The Morgan fingerprint density at radius 3 is 2.23 bits per heavy atom. The third-order valence-electron chi connectivity index (χ3n) is 5.55. The predicted molar refractivity (Wildman–Crippen MR) is 151 cm³/mol. The van der Waals surface area contributed by atoms with Crippen molar-refractivity contribution in [3.63, 3.8) is 0 Å². The minimum absolute atomic E-state index is 0.228. The van der Waals surface area contributed by atoms with E-state index in [1.54, 1.807) is 37.2 Å². The normalized spacial score (nSPS) is 15.3. The van der Waals surface area contributed by atoms with Crippen LogP contribution in [0.25, 0.3) is 0 Å². The molecule has 39 heavy (non-hydrogen) atoms. The largest absolute Gasteiger partial charge is 0.573 e. The van der Waals surface area contributed by atoms with Crippen LogP contribution in [-0.4, -0.2) is 42.9 Å². The molecule has 3 aromatic rings. The van der Waals surface area contributed by atoms with Crippen molar-refractivity contribution < 1.29 is 22.6 Å². The molecule has 1 aliphatic rings. The molecule has 12 heteroatoms. The van der Waals surface area contributed by atoms with Crippen molar-refractivity contribution in [2.24, 2.45) is 25.9 Å². The summed E-state index contributed by atoms with van der Waals surface area (Å²) in [5, 5.41) is 9.43. The molecule has 0 radical (unpaired) electrons. The number of methoxy groups -OCH3 is 1. The van der Waals surface area contributed by atoms with Crippen LogP contribution in [0.2, 0.25) is 0 Å². The van der Waals surface area contributed by atoms with Crippen molar-refractivity contribution in [2.75, 3.05) is 17.9 Å². The summed E-state index contributed by atoms with van der Waals surface area (Å²) in [5.41, 5.74) is 11.3. The lowest BCUT2D eigenvalue weighted by Gasteiger charge is -2.35. The highest BCUT2D eigenvalue weighted by molar-refractivity contribution is 8.16. The highest BCUT2D eigenvalue weighted by Crippen LogP contribution is 2.37. The average molecular weight is 555 g/mol. The van der Waals surface area contributed by atoms with E-state index in [1.807, 2.05) is 38.1 Å². The monoisotopic (exact) mass is 554 g/mol. The zero-order chi connectivity index (χ0) is 28.0. The smallest absolute Gasteiger partial charge is 0.497 e. The molecule has 0 saturated carbocycles. The maximum atomic E-state index is 12.2. The number of aliphatic imine (C=N–C) groups is 2. The Bertz CT molecular complexity index is 1410. The average Bonchev–Trinajstić information content (AvgIpc) is 2.88. The highest BCUT2D eigenvalue weighted by Gasteiger charge is 2.31. The van der Waals surface area contributed by atoms with Crippen LogP contribution in [0.5, 0.6) is 11.5 Å². The fourth-order valence-electron chi connectivity index (χ4n) is 3.74. The van der Waals surface area contributed by atoms with Crippen LogP contribution >= 0.6 is 11.8 Å². The van der Waals surface area contributed by atoms with Crippen molar-refractivity contribution in [3.8, 4) is 11.5 Å². The lowest BCUT2D eigenvalue weighted by atomic mass is 10.1. The molecule has 0 bridgehead atoms. The molecule has 1 saturated heterocycles. The minimum atomic E-state index is -4.74. The summed E-state index contributed by atoms with van der Waals surface area (Å²) in [6, 6.07) is 16.3. The van der Waals surface area contributed by atoms with Crippen molar-refractivity contribution in [1.82, 2.24) is 0 Å². The summed E-state index contributed by atoms with van der Waals surface area (Å²) in [6.07, 6.45) is -1.86. The molecule has 0 unspecified atom stereocenters. The number of alkyl halides is 3. The van der Waals surface area contributed by atoms with Crippen LogP contribution < -0.4 is 20.1 Å². The van der Waals surface area contributed by atoms with Gasteiger partial charge in [0, 0.05) is 11.3 Å². The Balaban J connectivity index is 1.35. The number of halogens is 3. The number of hydrogen-bond donors (Lipinski definition) is 1. The van der Waals surface area contributed by atoms with Gasteiger partial charge >= 0.3 is 6.36 Å². The zero-order valence-electron chi connectivity index (χ0n) is 21.3. The summed E-state index contributed by atoms with van der Waals surface area (Å²) < 4.78 is 45.9. The zero-order valence-corrected chi connectivity index (χ0v) is 22.1. The summed E-state index contributed by atoms with van der Waals surface area (Å²) in [7, 11) is 1.66. The van der Waals surface area contributed by atoms with Crippen molar-refractivity contribution in [1.29, 1.82) is 0 Å². The summed E-state index contributed by atoms with van der Waals surface area (Å²) in [5.74, 6) is 1.53. The van der Waals surface area contributed by atoms with Gasteiger partial charge in [-0.25, -0.2) is 9.98 Å². The molecule has 3 aromatic carbocycles. The number of benzene rings is 3. The molecule has 0 spiro atoms. The molecule has 1 fully saturated rings. The lowest BCUT2D eigenvalue weighted by Crippen LogP contribution is -2.39. The molecule has 1 heterocycles. The van der Waals surface area contributed by atoms with Crippen molar-refractivity contribution in [2.45, 2.75) is 20.2 Å². The van der Waals surface area contributed by atoms with Gasteiger partial charge in [-0.1, -0.05) is 36.0 Å². The van der Waals surface area contributed by atoms with Crippen molar-refractivity contribution in [3.05, 3.63) is 82.9 Å². The van der Waals surface area contributed by atoms with E-state index >= 15 is 0 Å². The van der Waals surface area contributed by atoms with Gasteiger partial charge in [0.2, 0.25) is 0 Å². The second-order valence-electron chi connectivity index (χ2n) is 8.36. The van der Waals surface area contributed by atoms with Crippen LogP contribution in [0.1, 0.15) is 22.3 Å². The first-order valence-corrected chi connectivity index (χ1v) is 12.6. The van der Waals surface area contributed by atoms with Gasteiger partial charge in [0.15, 0.2) is 5.17 Å². The number of ether oxygens (including phenoxy) is 2. The minimum Gasteiger partial charge on any atom is -0.497 e. The second-order valence-corrected chi connectivity index (χ2v) is 9.27. The first kappa shape index (κ1) is 27.7. The molecular formula is C27H25F3N6O2S. The van der Waals surface area contributed by atoms with Gasteiger partial charge in [-0.15, -0.1) is 18.3 Å². The maximum Gasteiger partial charge on any atom is 0.573 e. The Morgan fingerprint density at radius 2 is 1.67 bits per heavy atom. The van der Waals surface area contributed by atoms with Crippen LogP contribution in [0.3, 0.4) is 0 Å². The van der Waals surface area contributed by atoms with E-state index in [1.165, 1.54) is 30.6 Å². The van der Waals surface area contributed by atoms with Gasteiger partial charge in [0.25, 0.3) is 0 Å².